The molecular formula is C16H33NO. The van der Waals surface area contributed by atoms with Crippen LogP contribution in [0, 0.1) is 11.8 Å². The van der Waals surface area contributed by atoms with Gasteiger partial charge in [0.25, 0.3) is 0 Å². The number of nitrogens with one attached hydrogen (secondary N) is 1. The molecule has 0 heterocycles. The number of ether oxygens (including phenoxy) is 1. The van der Waals surface area contributed by atoms with Crippen LogP contribution in [0.3, 0.4) is 0 Å². The van der Waals surface area contributed by atoms with Gasteiger partial charge in [-0.25, -0.2) is 0 Å². The second-order valence-corrected chi connectivity index (χ2v) is 6.07. The Hall–Kier alpha value is -0.0800. The summed E-state index contributed by atoms with van der Waals surface area (Å²) >= 11 is 0. The predicted molar refractivity (Wildman–Crippen MR) is 78.9 cm³/mol. The highest BCUT2D eigenvalue weighted by Gasteiger charge is 2.30. The number of hydrogen-bond acceptors (Lipinski definition) is 2. The van der Waals surface area contributed by atoms with Gasteiger partial charge in [0.15, 0.2) is 0 Å². The van der Waals surface area contributed by atoms with Crippen molar-refractivity contribution < 1.29 is 4.74 Å². The summed E-state index contributed by atoms with van der Waals surface area (Å²) in [6.45, 7) is 7.94. The maximum atomic E-state index is 5.47. The van der Waals surface area contributed by atoms with E-state index in [2.05, 4.69) is 26.1 Å². The Bertz CT molecular complexity index is 207. The van der Waals surface area contributed by atoms with Crippen molar-refractivity contribution in [2.24, 2.45) is 11.8 Å². The first-order valence-corrected chi connectivity index (χ1v) is 7.97. The Labute approximate surface area is 114 Å². The molecule has 2 heteroatoms. The molecule has 1 rings (SSSR count). The normalized spacial score (nSPS) is 30.3. The van der Waals surface area contributed by atoms with E-state index in [0.717, 1.165) is 17.9 Å². The van der Waals surface area contributed by atoms with E-state index >= 15 is 0 Å². The predicted octanol–water partition coefficient (Wildman–Crippen LogP) is 4.00. The molecule has 0 saturated heterocycles. The van der Waals surface area contributed by atoms with Crippen molar-refractivity contribution in [2.75, 3.05) is 13.7 Å². The first kappa shape index (κ1) is 16.0. The highest BCUT2D eigenvalue weighted by atomic mass is 16.5. The van der Waals surface area contributed by atoms with E-state index in [9.17, 15) is 0 Å². The fraction of sp³-hybridized carbons (Fsp3) is 1.00. The molecule has 0 aromatic carbocycles. The third-order valence-corrected chi connectivity index (χ3v) is 4.48. The van der Waals surface area contributed by atoms with Crippen molar-refractivity contribution in [3.63, 3.8) is 0 Å². The molecule has 18 heavy (non-hydrogen) atoms. The van der Waals surface area contributed by atoms with Crippen LogP contribution in [0.5, 0.6) is 0 Å². The van der Waals surface area contributed by atoms with Crippen LogP contribution in [0.2, 0.25) is 0 Å². The fourth-order valence-electron chi connectivity index (χ4n) is 3.41. The highest BCUT2D eigenvalue weighted by molar-refractivity contribution is 4.85. The molecular weight excluding hydrogens is 222 g/mol. The van der Waals surface area contributed by atoms with Crippen LogP contribution >= 0.6 is 0 Å². The zero-order valence-electron chi connectivity index (χ0n) is 12.9. The molecule has 0 aliphatic heterocycles. The van der Waals surface area contributed by atoms with Crippen molar-refractivity contribution in [1.82, 2.24) is 5.32 Å². The number of methoxy groups -OCH3 is 1. The van der Waals surface area contributed by atoms with Gasteiger partial charge in [0, 0.05) is 13.2 Å². The van der Waals surface area contributed by atoms with E-state index < -0.39 is 0 Å². The summed E-state index contributed by atoms with van der Waals surface area (Å²) in [5.41, 5.74) is 0. The molecule has 1 N–H and O–H groups in total. The quantitative estimate of drug-likeness (QED) is 0.708. The summed E-state index contributed by atoms with van der Waals surface area (Å²) < 4.78 is 5.47. The van der Waals surface area contributed by atoms with Crippen molar-refractivity contribution in [1.29, 1.82) is 0 Å². The Morgan fingerprint density at radius 2 is 2.00 bits per heavy atom. The molecule has 0 amide bonds. The molecule has 0 bridgehead atoms. The smallest absolute Gasteiger partial charge is 0.0546 e. The van der Waals surface area contributed by atoms with Gasteiger partial charge in [0.1, 0.15) is 0 Å². The van der Waals surface area contributed by atoms with Gasteiger partial charge in [0.2, 0.25) is 0 Å². The zero-order chi connectivity index (χ0) is 13.4. The standard InChI is InChI=1S/C16H33NO/c1-5-7-14-8-9-16(17-10-6-2)15(12-14)11-13(3)18-4/h13-17H,5-12H2,1-4H3. The summed E-state index contributed by atoms with van der Waals surface area (Å²) in [5.74, 6) is 1.78. The summed E-state index contributed by atoms with van der Waals surface area (Å²) in [7, 11) is 1.84. The largest absolute Gasteiger partial charge is 0.382 e. The lowest BCUT2D eigenvalue weighted by Gasteiger charge is -2.38. The molecule has 0 radical (unpaired) electrons. The second-order valence-electron chi connectivity index (χ2n) is 6.07. The van der Waals surface area contributed by atoms with Crippen LogP contribution in [0.15, 0.2) is 0 Å². The number of rotatable bonds is 8. The number of hydrogen-bond donors (Lipinski definition) is 1. The zero-order valence-corrected chi connectivity index (χ0v) is 12.9. The monoisotopic (exact) mass is 255 g/mol. The third kappa shape index (κ3) is 5.27. The lowest BCUT2D eigenvalue weighted by molar-refractivity contribution is 0.0694. The summed E-state index contributed by atoms with van der Waals surface area (Å²) in [6, 6.07) is 0.732. The molecule has 1 saturated carbocycles. The van der Waals surface area contributed by atoms with Crippen LogP contribution < -0.4 is 5.32 Å². The SMILES string of the molecule is CCCNC1CCC(CCC)CC1CC(C)OC. The summed E-state index contributed by atoms with van der Waals surface area (Å²) in [5, 5.41) is 3.76. The maximum Gasteiger partial charge on any atom is 0.0546 e. The van der Waals surface area contributed by atoms with Crippen LogP contribution in [-0.4, -0.2) is 25.8 Å². The molecule has 1 fully saturated rings. The topological polar surface area (TPSA) is 21.3 Å². The summed E-state index contributed by atoms with van der Waals surface area (Å²) in [4.78, 5) is 0. The van der Waals surface area contributed by atoms with E-state index in [1.165, 1.54) is 51.5 Å². The third-order valence-electron chi connectivity index (χ3n) is 4.48. The van der Waals surface area contributed by atoms with Gasteiger partial charge in [0.05, 0.1) is 6.10 Å². The van der Waals surface area contributed by atoms with Crippen LogP contribution in [0.25, 0.3) is 0 Å². The van der Waals surface area contributed by atoms with Crippen LogP contribution in [0.1, 0.15) is 65.7 Å². The minimum absolute atomic E-state index is 0.404. The van der Waals surface area contributed by atoms with Gasteiger partial charge in [-0.1, -0.05) is 26.7 Å². The van der Waals surface area contributed by atoms with Gasteiger partial charge >= 0.3 is 0 Å². The minimum atomic E-state index is 0.404. The van der Waals surface area contributed by atoms with Gasteiger partial charge in [-0.3, -0.25) is 0 Å². The van der Waals surface area contributed by atoms with E-state index in [1.807, 2.05) is 7.11 Å². The molecule has 0 spiro atoms. The van der Waals surface area contributed by atoms with Gasteiger partial charge in [-0.15, -0.1) is 0 Å². The second kappa shape index (κ2) is 8.92. The van der Waals surface area contributed by atoms with Gasteiger partial charge < -0.3 is 10.1 Å². The average molecular weight is 255 g/mol. The Morgan fingerprint density at radius 3 is 2.61 bits per heavy atom. The van der Waals surface area contributed by atoms with Crippen molar-refractivity contribution in [2.45, 2.75) is 77.9 Å². The molecule has 2 nitrogen and oxygen atoms in total. The van der Waals surface area contributed by atoms with Crippen LogP contribution in [0.4, 0.5) is 0 Å². The first-order chi connectivity index (χ1) is 8.71. The lowest BCUT2D eigenvalue weighted by Crippen LogP contribution is -2.42. The van der Waals surface area contributed by atoms with Gasteiger partial charge in [-0.05, 0) is 57.4 Å². The van der Waals surface area contributed by atoms with E-state index in [4.69, 9.17) is 4.74 Å². The average Bonchev–Trinajstić information content (AvgIpc) is 2.38. The molecule has 4 atom stereocenters. The fourth-order valence-corrected chi connectivity index (χ4v) is 3.41. The molecule has 1 aliphatic rings. The van der Waals surface area contributed by atoms with E-state index in [-0.39, 0.29) is 0 Å². The Balaban J connectivity index is 2.49. The van der Waals surface area contributed by atoms with E-state index in [0.29, 0.717) is 6.10 Å². The van der Waals surface area contributed by atoms with E-state index in [1.54, 1.807) is 0 Å². The van der Waals surface area contributed by atoms with Crippen LogP contribution in [-0.2, 0) is 4.74 Å². The lowest BCUT2D eigenvalue weighted by atomic mass is 9.74. The Morgan fingerprint density at radius 1 is 1.22 bits per heavy atom. The van der Waals surface area contributed by atoms with Crippen molar-refractivity contribution in [3.8, 4) is 0 Å². The Kier molecular flexibility index (Phi) is 7.92. The minimum Gasteiger partial charge on any atom is -0.382 e. The maximum absolute atomic E-state index is 5.47. The highest BCUT2D eigenvalue weighted by Crippen LogP contribution is 2.35. The molecule has 1 aliphatic carbocycles. The molecule has 0 aromatic heterocycles. The van der Waals surface area contributed by atoms with Crippen molar-refractivity contribution in [3.05, 3.63) is 0 Å². The molecule has 0 aromatic rings. The summed E-state index contributed by atoms with van der Waals surface area (Å²) in [6.07, 6.45) is 9.81. The first-order valence-electron chi connectivity index (χ1n) is 7.97. The van der Waals surface area contributed by atoms with Crippen molar-refractivity contribution >= 4 is 0 Å². The molecule has 108 valence electrons. The molecule has 4 unspecified atom stereocenters. The van der Waals surface area contributed by atoms with Gasteiger partial charge in [-0.2, -0.15) is 0 Å².